The van der Waals surface area contributed by atoms with E-state index in [9.17, 15) is 0 Å². The molecule has 2 heterocycles. The van der Waals surface area contributed by atoms with Crippen LogP contribution in [0.4, 0.5) is 0 Å². The Balaban J connectivity index is 0.663. The minimum atomic E-state index is 0.0974. The van der Waals surface area contributed by atoms with Crippen LogP contribution in [-0.4, -0.2) is 29.9 Å². The van der Waals surface area contributed by atoms with Crippen molar-refractivity contribution in [2.24, 2.45) is 0 Å². The van der Waals surface area contributed by atoms with Gasteiger partial charge in [-0.25, -0.2) is 29.9 Å². The Kier molecular flexibility index (Phi) is 13.6. The Bertz CT molecular complexity index is 4930. The van der Waals surface area contributed by atoms with Crippen LogP contribution in [0, 0.1) is 0 Å². The molecule has 0 saturated heterocycles. The van der Waals surface area contributed by atoms with E-state index in [1.807, 2.05) is 36.4 Å². The molecule has 2 bridgehead atoms. The first-order valence-corrected chi connectivity index (χ1v) is 31.3. The first kappa shape index (κ1) is 54.1. The summed E-state index contributed by atoms with van der Waals surface area (Å²) in [5.41, 5.74) is 27.5. The van der Waals surface area contributed by atoms with Gasteiger partial charge >= 0.3 is 0 Å². The minimum Gasteiger partial charge on any atom is -0.208 e. The first-order chi connectivity index (χ1) is 45.5. The van der Waals surface area contributed by atoms with Crippen molar-refractivity contribution < 1.29 is 0 Å². The number of rotatable bonds is 12. The van der Waals surface area contributed by atoms with Gasteiger partial charge in [-0.3, -0.25) is 0 Å². The van der Waals surface area contributed by atoms with E-state index in [2.05, 4.69) is 291 Å². The Morgan fingerprint density at radius 3 is 0.663 bits per heavy atom. The van der Waals surface area contributed by atoms with Crippen LogP contribution in [0.1, 0.15) is 45.2 Å². The third-order valence-corrected chi connectivity index (χ3v) is 18.2. The van der Waals surface area contributed by atoms with Crippen LogP contribution >= 0.6 is 0 Å². The van der Waals surface area contributed by atoms with Crippen LogP contribution in [-0.2, 0) is 0 Å². The highest BCUT2D eigenvalue weighted by atomic mass is 15.0. The Morgan fingerprint density at radius 1 is 0.130 bits per heavy atom. The number of nitrogens with zero attached hydrogens (tertiary/aromatic N) is 6. The Morgan fingerprint density at radius 2 is 0.326 bits per heavy atom. The van der Waals surface area contributed by atoms with E-state index in [4.69, 9.17) is 29.9 Å². The fourth-order valence-corrected chi connectivity index (χ4v) is 13.6. The topological polar surface area (TPSA) is 77.3 Å². The van der Waals surface area contributed by atoms with Crippen molar-refractivity contribution in [1.82, 2.24) is 29.9 Å². The molecule has 0 radical (unpaired) electrons. The minimum absolute atomic E-state index is 0.0974. The summed E-state index contributed by atoms with van der Waals surface area (Å²) < 4.78 is 0. The summed E-state index contributed by atoms with van der Waals surface area (Å²) in [6.07, 6.45) is 0. The van der Waals surface area contributed by atoms with E-state index in [1.165, 1.54) is 66.8 Å². The average Bonchev–Trinajstić information content (AvgIpc) is 0.704. The first-order valence-electron chi connectivity index (χ1n) is 31.3. The highest BCUT2D eigenvalue weighted by Crippen LogP contribution is 2.57. The summed E-state index contributed by atoms with van der Waals surface area (Å²) in [7, 11) is 0. The second-order valence-electron chi connectivity index (χ2n) is 23.7. The van der Waals surface area contributed by atoms with Crippen LogP contribution in [0.25, 0.3) is 135 Å². The third kappa shape index (κ3) is 10.2. The van der Waals surface area contributed by atoms with Gasteiger partial charge in [0.2, 0.25) is 0 Å². The number of hydrogen-bond acceptors (Lipinski definition) is 6. The molecule has 0 N–H and O–H groups in total. The summed E-state index contributed by atoms with van der Waals surface area (Å²) >= 11 is 0. The predicted molar refractivity (Wildman–Crippen MR) is 373 cm³/mol. The molecule has 0 fully saturated rings. The van der Waals surface area contributed by atoms with Crippen molar-refractivity contribution in [3.8, 4) is 135 Å². The fraction of sp³-hybridized carbons (Fsp3) is 0.0233. The smallest absolute Gasteiger partial charge is 0.164 e. The standard InChI is InChI=1S/C86H56N6/c1-5-19-55(20-6-1)63-27-15-29-65(49-63)67-31-17-33-71(51-67)85-89-81(59-23-9-3-10-24-59)87-83(91-85)61-41-37-57(38-42-61)69-45-47-75-77(53-69)79-73-35-13-14-36-74(73)80(75)78-54-70(46-48-76(78)79)58-39-43-62(44-40-58)84-88-82(60-25-11-4-12-26-60)90-86(92-84)72-34-18-32-68(52-72)66-30-16-28-64(50-66)56-21-7-2-8-22-56/h1-54,79-80H. The van der Waals surface area contributed by atoms with Crippen LogP contribution in [0.15, 0.2) is 328 Å². The normalized spacial score (nSPS) is 13.4. The van der Waals surface area contributed by atoms with E-state index in [-0.39, 0.29) is 11.8 Å². The molecule has 18 rings (SSSR count). The van der Waals surface area contributed by atoms with Crippen molar-refractivity contribution >= 4 is 0 Å². The number of benzene rings is 13. The van der Waals surface area contributed by atoms with Crippen LogP contribution in [0.3, 0.4) is 0 Å². The summed E-state index contributed by atoms with van der Waals surface area (Å²) in [6, 6.07) is 116. The van der Waals surface area contributed by atoms with E-state index in [0.717, 1.165) is 66.8 Å². The van der Waals surface area contributed by atoms with Gasteiger partial charge in [0.25, 0.3) is 0 Å². The van der Waals surface area contributed by atoms with Gasteiger partial charge in [0, 0.05) is 45.2 Å². The largest absolute Gasteiger partial charge is 0.208 e. The summed E-state index contributed by atoms with van der Waals surface area (Å²) in [4.78, 5) is 30.8. The summed E-state index contributed by atoms with van der Waals surface area (Å²) in [5.74, 6) is 3.94. The van der Waals surface area contributed by atoms with Gasteiger partial charge in [-0.1, -0.05) is 291 Å². The molecule has 2 atom stereocenters. The van der Waals surface area contributed by atoms with Crippen molar-refractivity contribution in [1.29, 1.82) is 0 Å². The molecule has 92 heavy (non-hydrogen) atoms. The van der Waals surface area contributed by atoms with E-state index >= 15 is 0 Å². The Hall–Kier alpha value is -12.1. The van der Waals surface area contributed by atoms with Crippen LogP contribution < -0.4 is 0 Å². The lowest BCUT2D eigenvalue weighted by atomic mass is 9.60. The average molecular weight is 1170 g/mol. The zero-order valence-electron chi connectivity index (χ0n) is 50.0. The summed E-state index contributed by atoms with van der Waals surface area (Å²) in [5, 5.41) is 0. The Labute approximate surface area is 534 Å². The van der Waals surface area contributed by atoms with Gasteiger partial charge in [-0.05, 0) is 137 Å². The van der Waals surface area contributed by atoms with Gasteiger partial charge in [0.15, 0.2) is 34.9 Å². The molecule has 3 aliphatic rings. The molecule has 13 aromatic carbocycles. The van der Waals surface area contributed by atoms with Crippen molar-refractivity contribution in [2.45, 2.75) is 11.8 Å². The van der Waals surface area contributed by atoms with Gasteiger partial charge in [-0.2, -0.15) is 0 Å². The van der Waals surface area contributed by atoms with Crippen molar-refractivity contribution in [3.05, 3.63) is 361 Å². The second kappa shape index (κ2) is 23.1. The monoisotopic (exact) mass is 1170 g/mol. The molecular formula is C86H56N6. The molecule has 6 nitrogen and oxygen atoms in total. The summed E-state index contributed by atoms with van der Waals surface area (Å²) in [6.45, 7) is 0. The highest BCUT2D eigenvalue weighted by molar-refractivity contribution is 5.81. The molecule has 2 unspecified atom stereocenters. The van der Waals surface area contributed by atoms with Crippen molar-refractivity contribution in [3.63, 3.8) is 0 Å². The maximum Gasteiger partial charge on any atom is 0.164 e. The predicted octanol–water partition coefficient (Wildman–Crippen LogP) is 21.0. The molecular weight excluding hydrogens is 1120 g/mol. The van der Waals surface area contributed by atoms with Gasteiger partial charge in [-0.15, -0.1) is 0 Å². The van der Waals surface area contributed by atoms with E-state index in [0.29, 0.717) is 34.9 Å². The quantitative estimate of drug-likeness (QED) is 0.121. The van der Waals surface area contributed by atoms with Crippen LogP contribution in [0.5, 0.6) is 0 Å². The SMILES string of the molecule is c1ccc(-c2cccc(-c3cccc(-c4nc(-c5ccccc5)nc(-c5ccc(-c6ccc7c(c6)C6c8ccccc8C7c7cc(-c8ccc(-c9nc(-c%10ccccc%10)nc(-c%10cccc(-c%11cccc(-c%12ccccc%12)c%11)c%10)n9)cc8)ccc76)cc5)n4)c3)c2)cc1. The number of aromatic nitrogens is 6. The maximum atomic E-state index is 5.18. The molecule has 3 aliphatic carbocycles. The molecule has 15 aromatic rings. The lowest BCUT2D eigenvalue weighted by Gasteiger charge is -2.42. The van der Waals surface area contributed by atoms with Gasteiger partial charge in [0.05, 0.1) is 0 Å². The fourth-order valence-electron chi connectivity index (χ4n) is 13.6. The van der Waals surface area contributed by atoms with Crippen LogP contribution in [0.2, 0.25) is 0 Å². The molecule has 0 amide bonds. The second-order valence-corrected chi connectivity index (χ2v) is 23.7. The molecule has 430 valence electrons. The maximum absolute atomic E-state index is 5.18. The molecule has 2 aromatic heterocycles. The molecule has 6 heteroatoms. The van der Waals surface area contributed by atoms with Gasteiger partial charge in [0.1, 0.15) is 0 Å². The molecule has 0 saturated carbocycles. The zero-order chi connectivity index (χ0) is 60.9. The zero-order valence-corrected chi connectivity index (χ0v) is 50.0. The van der Waals surface area contributed by atoms with E-state index in [1.54, 1.807) is 0 Å². The third-order valence-electron chi connectivity index (χ3n) is 18.2. The molecule has 0 spiro atoms. The number of hydrogen-bond donors (Lipinski definition) is 0. The highest BCUT2D eigenvalue weighted by Gasteiger charge is 2.41. The van der Waals surface area contributed by atoms with Crippen molar-refractivity contribution in [2.75, 3.05) is 0 Å². The lowest BCUT2D eigenvalue weighted by molar-refractivity contribution is 0.755. The van der Waals surface area contributed by atoms with Gasteiger partial charge < -0.3 is 0 Å². The molecule has 0 aliphatic heterocycles. The lowest BCUT2D eigenvalue weighted by Crippen LogP contribution is -2.27. The van der Waals surface area contributed by atoms with E-state index < -0.39 is 0 Å².